The Balaban J connectivity index is 1.30. The first-order valence-electron chi connectivity index (χ1n) is 13.0. The van der Waals surface area contributed by atoms with Gasteiger partial charge in [0.05, 0.1) is 34.7 Å². The molecule has 2 aromatic carbocycles. The van der Waals surface area contributed by atoms with Crippen LogP contribution in [0.3, 0.4) is 0 Å². The van der Waals surface area contributed by atoms with Gasteiger partial charge in [0, 0.05) is 37.5 Å². The monoisotopic (exact) mass is 623 g/mol. The minimum Gasteiger partial charge on any atom is -0.448 e. The van der Waals surface area contributed by atoms with Crippen molar-refractivity contribution in [2.75, 3.05) is 56.4 Å². The molecule has 2 fully saturated rings. The van der Waals surface area contributed by atoms with Crippen molar-refractivity contribution in [2.24, 2.45) is 5.73 Å². The Morgan fingerprint density at radius 1 is 1.07 bits per heavy atom. The Morgan fingerprint density at radius 3 is 2.41 bits per heavy atom. The van der Waals surface area contributed by atoms with E-state index in [0.29, 0.717) is 42.6 Å². The average Bonchev–Trinajstić information content (AvgIpc) is 3.45. The van der Waals surface area contributed by atoms with E-state index in [2.05, 4.69) is 15.5 Å². The third-order valence-corrected chi connectivity index (χ3v) is 8.30. The number of amides is 4. The predicted molar refractivity (Wildman–Crippen MR) is 157 cm³/mol. The molecule has 2 saturated heterocycles. The molecule has 0 aliphatic carbocycles. The Bertz CT molecular complexity index is 1240. The molecule has 2 aliphatic heterocycles. The number of nitrogens with zero attached hydrogens (tertiary/aromatic N) is 2. The van der Waals surface area contributed by atoms with Crippen molar-refractivity contribution in [3.63, 3.8) is 0 Å². The molecule has 2 aromatic rings. The summed E-state index contributed by atoms with van der Waals surface area (Å²) in [7, 11) is 0. The summed E-state index contributed by atoms with van der Waals surface area (Å²) in [6.45, 7) is 3.67. The van der Waals surface area contributed by atoms with E-state index < -0.39 is 35.9 Å². The smallest absolute Gasteiger partial charge is 0.411 e. The van der Waals surface area contributed by atoms with Gasteiger partial charge in [0.1, 0.15) is 18.7 Å². The van der Waals surface area contributed by atoms with Crippen LogP contribution in [-0.4, -0.2) is 96.8 Å². The number of halogens is 2. The number of anilines is 1. The molecule has 0 saturated carbocycles. The van der Waals surface area contributed by atoms with E-state index >= 15 is 0 Å². The van der Waals surface area contributed by atoms with Crippen LogP contribution < -0.4 is 16.4 Å². The summed E-state index contributed by atoms with van der Waals surface area (Å²) in [5, 5.41) is 5.87. The average molecular weight is 625 g/mol. The number of rotatable bonds is 10. The van der Waals surface area contributed by atoms with E-state index in [1.165, 1.54) is 16.7 Å². The van der Waals surface area contributed by atoms with Crippen LogP contribution in [-0.2, 0) is 25.5 Å². The quantitative estimate of drug-likeness (QED) is 0.366. The van der Waals surface area contributed by atoms with Crippen LogP contribution >= 0.6 is 35.0 Å². The van der Waals surface area contributed by atoms with Gasteiger partial charge in [-0.2, -0.15) is 0 Å². The molecule has 220 valence electrons. The first-order chi connectivity index (χ1) is 19.7. The molecular formula is C27H31Cl2N5O6S. The van der Waals surface area contributed by atoms with Gasteiger partial charge in [0.25, 0.3) is 5.91 Å². The summed E-state index contributed by atoms with van der Waals surface area (Å²) in [5.41, 5.74) is 6.94. The van der Waals surface area contributed by atoms with Gasteiger partial charge in [-0.05, 0) is 29.8 Å². The summed E-state index contributed by atoms with van der Waals surface area (Å²) in [6.07, 6.45) is -0.454. The normalized spacial score (nSPS) is 18.0. The van der Waals surface area contributed by atoms with Gasteiger partial charge in [-0.15, -0.1) is 11.8 Å². The highest BCUT2D eigenvalue weighted by molar-refractivity contribution is 7.99. The molecule has 2 aliphatic rings. The van der Waals surface area contributed by atoms with E-state index in [1.54, 1.807) is 42.5 Å². The first-order valence-corrected chi connectivity index (χ1v) is 14.9. The molecule has 0 spiro atoms. The number of primary amides is 1. The molecular weight excluding hydrogens is 593 g/mol. The van der Waals surface area contributed by atoms with Crippen molar-refractivity contribution in [3.8, 4) is 0 Å². The summed E-state index contributed by atoms with van der Waals surface area (Å²) < 4.78 is 10.7. The molecule has 4 N–H and O–H groups in total. The van der Waals surface area contributed by atoms with Crippen molar-refractivity contribution >= 4 is 64.5 Å². The predicted octanol–water partition coefficient (Wildman–Crippen LogP) is 2.60. The molecule has 0 aromatic heterocycles. The van der Waals surface area contributed by atoms with Crippen LogP contribution in [0.1, 0.15) is 15.9 Å². The Labute approximate surface area is 252 Å². The van der Waals surface area contributed by atoms with E-state index in [4.69, 9.17) is 38.4 Å². The number of carbonyl (C=O) groups is 4. The lowest BCUT2D eigenvalue weighted by Gasteiger charge is -2.27. The Kier molecular flexibility index (Phi) is 11.1. The first kappa shape index (κ1) is 30.9. The molecule has 11 nitrogen and oxygen atoms in total. The van der Waals surface area contributed by atoms with Gasteiger partial charge in [-0.1, -0.05) is 41.4 Å². The lowest BCUT2D eigenvalue weighted by molar-refractivity contribution is -0.129. The molecule has 2 heterocycles. The fourth-order valence-corrected chi connectivity index (χ4v) is 6.08. The molecule has 0 bridgehead atoms. The zero-order valence-electron chi connectivity index (χ0n) is 22.1. The molecule has 4 rings (SSSR count). The number of carbonyl (C=O) groups excluding carboxylic acids is 4. The molecule has 14 heteroatoms. The maximum Gasteiger partial charge on any atom is 0.411 e. The SMILES string of the molecule is NC(=O)[C@H](Cc1ccc(NC(=O)c2c(Cl)cccc2Cl)cc1)NC(=O)[C@H]1CSCN1C(=O)OCCN1CCOCC1. The number of ether oxygens (including phenoxy) is 2. The summed E-state index contributed by atoms with van der Waals surface area (Å²) in [4.78, 5) is 54.1. The number of thioether (sulfide) groups is 1. The van der Waals surface area contributed by atoms with Crippen molar-refractivity contribution in [1.82, 2.24) is 15.1 Å². The van der Waals surface area contributed by atoms with Gasteiger partial charge in [0.15, 0.2) is 0 Å². The highest BCUT2D eigenvalue weighted by Gasteiger charge is 2.37. The third kappa shape index (κ3) is 8.49. The lowest BCUT2D eigenvalue weighted by atomic mass is 10.0. The van der Waals surface area contributed by atoms with Crippen molar-refractivity contribution in [3.05, 3.63) is 63.6 Å². The van der Waals surface area contributed by atoms with Crippen LogP contribution in [0.25, 0.3) is 0 Å². The third-order valence-electron chi connectivity index (χ3n) is 6.66. The fourth-order valence-electron chi connectivity index (χ4n) is 4.37. The molecule has 0 unspecified atom stereocenters. The topological polar surface area (TPSA) is 143 Å². The summed E-state index contributed by atoms with van der Waals surface area (Å²) in [5.74, 6) is -0.977. The number of nitrogens with one attached hydrogen (secondary N) is 2. The minimum atomic E-state index is -1.00. The van der Waals surface area contributed by atoms with Gasteiger partial charge >= 0.3 is 6.09 Å². The number of hydrogen-bond acceptors (Lipinski definition) is 8. The van der Waals surface area contributed by atoms with Crippen LogP contribution in [0.4, 0.5) is 10.5 Å². The standard InChI is InChI=1S/C27H31Cl2N5O6S/c28-19-2-1-3-20(29)23(19)26(37)31-18-6-4-17(5-7-18)14-21(24(30)35)32-25(36)22-15-41-16-34(22)27(38)40-13-10-33-8-11-39-12-9-33/h1-7,21-22H,8-16H2,(H2,30,35)(H,31,37)(H,32,36)/t21-,22+/m0/s1. The molecule has 0 radical (unpaired) electrons. The van der Waals surface area contributed by atoms with Crippen LogP contribution in [0.2, 0.25) is 10.0 Å². The van der Waals surface area contributed by atoms with Crippen LogP contribution in [0.5, 0.6) is 0 Å². The summed E-state index contributed by atoms with van der Waals surface area (Å²) >= 11 is 13.6. The zero-order chi connectivity index (χ0) is 29.4. The van der Waals surface area contributed by atoms with Gasteiger partial charge in [0.2, 0.25) is 11.8 Å². The van der Waals surface area contributed by atoms with Gasteiger partial charge in [-0.3, -0.25) is 24.2 Å². The second-order valence-corrected chi connectivity index (χ2v) is 11.3. The van der Waals surface area contributed by atoms with Gasteiger partial charge < -0.3 is 25.8 Å². The molecule has 41 heavy (non-hydrogen) atoms. The number of benzene rings is 2. The Hall–Kier alpha value is -3.03. The van der Waals surface area contributed by atoms with Crippen LogP contribution in [0, 0.1) is 0 Å². The molecule has 4 amide bonds. The fraction of sp³-hybridized carbons (Fsp3) is 0.407. The van der Waals surface area contributed by atoms with Crippen molar-refractivity contribution < 1.29 is 28.7 Å². The minimum absolute atomic E-state index is 0.121. The van der Waals surface area contributed by atoms with E-state index in [9.17, 15) is 19.2 Å². The summed E-state index contributed by atoms with van der Waals surface area (Å²) in [6, 6.07) is 9.71. The lowest BCUT2D eigenvalue weighted by Crippen LogP contribution is -2.54. The van der Waals surface area contributed by atoms with E-state index in [-0.39, 0.29) is 28.6 Å². The second kappa shape index (κ2) is 14.7. The maximum atomic E-state index is 13.1. The van der Waals surface area contributed by atoms with Crippen molar-refractivity contribution in [1.29, 1.82) is 0 Å². The highest BCUT2D eigenvalue weighted by atomic mass is 35.5. The van der Waals surface area contributed by atoms with Crippen molar-refractivity contribution in [2.45, 2.75) is 18.5 Å². The number of hydrogen-bond donors (Lipinski definition) is 3. The number of nitrogens with two attached hydrogens (primary N) is 1. The second-order valence-electron chi connectivity index (χ2n) is 9.47. The van der Waals surface area contributed by atoms with Crippen LogP contribution in [0.15, 0.2) is 42.5 Å². The molecule has 2 atom stereocenters. The van der Waals surface area contributed by atoms with E-state index in [0.717, 1.165) is 13.1 Å². The Morgan fingerprint density at radius 2 is 1.76 bits per heavy atom. The van der Waals surface area contributed by atoms with E-state index in [1.807, 2.05) is 0 Å². The maximum absolute atomic E-state index is 13.1. The van der Waals surface area contributed by atoms with Gasteiger partial charge in [-0.25, -0.2) is 4.79 Å². The zero-order valence-corrected chi connectivity index (χ0v) is 24.5. The largest absolute Gasteiger partial charge is 0.448 e. The number of morpholine rings is 1. The highest BCUT2D eigenvalue weighted by Crippen LogP contribution is 2.26.